The first kappa shape index (κ1) is 21.2. The summed E-state index contributed by atoms with van der Waals surface area (Å²) in [4.78, 5) is 2.35. The van der Waals surface area contributed by atoms with E-state index in [2.05, 4.69) is 58.6 Å². The van der Waals surface area contributed by atoms with Crippen LogP contribution in [-0.4, -0.2) is 42.4 Å². The molecule has 1 aliphatic heterocycles. The number of nitrogens with zero attached hydrogens (tertiary/aromatic N) is 1. The van der Waals surface area contributed by atoms with Gasteiger partial charge in [-0.2, -0.15) is 0 Å². The molecule has 1 heterocycles. The fraction of sp³-hybridized carbons (Fsp3) is 0.739. The van der Waals surface area contributed by atoms with E-state index in [9.17, 15) is 5.11 Å². The molecular weight excluding hydrogens is 322 g/mol. The van der Waals surface area contributed by atoms with Gasteiger partial charge in [0.05, 0.1) is 0 Å². The zero-order chi connectivity index (χ0) is 19.4. The predicted octanol–water partition coefficient (Wildman–Crippen LogP) is 4.87. The lowest BCUT2D eigenvalue weighted by molar-refractivity contribution is 0.0563. The molecule has 0 amide bonds. The lowest BCUT2D eigenvalue weighted by Crippen LogP contribution is -2.40. The van der Waals surface area contributed by atoms with Crippen LogP contribution in [0.15, 0.2) is 24.3 Å². The Labute approximate surface area is 160 Å². The Bertz CT molecular complexity index is 536. The largest absolute Gasteiger partial charge is 0.491 e. The third kappa shape index (κ3) is 6.92. The van der Waals surface area contributed by atoms with Crippen molar-refractivity contribution in [3.63, 3.8) is 0 Å². The molecule has 0 aliphatic carbocycles. The number of ether oxygens (including phenoxy) is 1. The van der Waals surface area contributed by atoms with Crippen LogP contribution in [0.25, 0.3) is 0 Å². The summed E-state index contributed by atoms with van der Waals surface area (Å²) in [5.41, 5.74) is 1.78. The molecule has 26 heavy (non-hydrogen) atoms. The lowest BCUT2D eigenvalue weighted by Gasteiger charge is -2.33. The number of aliphatic hydroxyl groups is 1. The summed E-state index contributed by atoms with van der Waals surface area (Å²) < 4.78 is 5.82. The normalized spacial score (nSPS) is 18.7. The molecule has 1 atom stereocenters. The van der Waals surface area contributed by atoms with Crippen LogP contribution in [0, 0.1) is 11.3 Å². The summed E-state index contributed by atoms with van der Waals surface area (Å²) in [5.74, 6) is 1.66. The van der Waals surface area contributed by atoms with Crippen LogP contribution in [0.5, 0.6) is 5.75 Å². The highest BCUT2D eigenvalue weighted by atomic mass is 16.5. The fourth-order valence-corrected chi connectivity index (χ4v) is 4.22. The first-order chi connectivity index (χ1) is 12.0. The molecule has 0 bridgehead atoms. The van der Waals surface area contributed by atoms with E-state index in [4.69, 9.17) is 4.74 Å². The van der Waals surface area contributed by atoms with Gasteiger partial charge in [-0.1, -0.05) is 53.7 Å². The Morgan fingerprint density at radius 1 is 1.08 bits per heavy atom. The molecule has 0 unspecified atom stereocenters. The van der Waals surface area contributed by atoms with E-state index in [1.807, 2.05) is 12.1 Å². The van der Waals surface area contributed by atoms with Crippen molar-refractivity contribution < 1.29 is 9.84 Å². The zero-order valence-electron chi connectivity index (χ0n) is 17.7. The molecule has 1 N–H and O–H groups in total. The van der Waals surface area contributed by atoms with E-state index in [0.717, 1.165) is 31.2 Å². The van der Waals surface area contributed by atoms with Gasteiger partial charge >= 0.3 is 0 Å². The fourth-order valence-electron chi connectivity index (χ4n) is 4.22. The second-order valence-electron chi connectivity index (χ2n) is 10.1. The van der Waals surface area contributed by atoms with Gasteiger partial charge in [0, 0.05) is 6.54 Å². The van der Waals surface area contributed by atoms with Crippen LogP contribution >= 0.6 is 0 Å². The van der Waals surface area contributed by atoms with Crippen LogP contribution in [0.3, 0.4) is 0 Å². The monoisotopic (exact) mass is 361 g/mol. The zero-order valence-corrected chi connectivity index (χ0v) is 17.7. The second kappa shape index (κ2) is 8.75. The van der Waals surface area contributed by atoms with E-state index in [-0.39, 0.29) is 5.41 Å². The van der Waals surface area contributed by atoms with Crippen molar-refractivity contribution in [3.8, 4) is 5.75 Å². The Balaban J connectivity index is 1.81. The standard InChI is InChI=1S/C23H39NO2/c1-18-11-13-24(14-12-18)15-20(25)16-26-21-9-7-19(8-10-21)23(5,6)17-22(2,3)4/h7-10,18,20,25H,11-17H2,1-6H3/t20-/m1/s1. The van der Waals surface area contributed by atoms with E-state index >= 15 is 0 Å². The van der Waals surface area contributed by atoms with Gasteiger partial charge in [0.25, 0.3) is 0 Å². The maximum absolute atomic E-state index is 10.3. The molecule has 0 aromatic heterocycles. The Kier molecular flexibility index (Phi) is 7.15. The number of β-amino-alcohol motifs (C(OH)–C–C–N with tert-alkyl or cyclic N) is 1. The van der Waals surface area contributed by atoms with E-state index in [1.165, 1.54) is 18.4 Å². The molecule has 0 saturated carbocycles. The molecule has 1 saturated heterocycles. The minimum absolute atomic E-state index is 0.141. The highest BCUT2D eigenvalue weighted by Gasteiger charge is 2.27. The summed E-state index contributed by atoms with van der Waals surface area (Å²) >= 11 is 0. The highest BCUT2D eigenvalue weighted by molar-refractivity contribution is 5.31. The predicted molar refractivity (Wildman–Crippen MR) is 110 cm³/mol. The van der Waals surface area contributed by atoms with Crippen LogP contribution in [0.4, 0.5) is 0 Å². The number of likely N-dealkylation sites (tertiary alicyclic amines) is 1. The van der Waals surface area contributed by atoms with Gasteiger partial charge in [-0.3, -0.25) is 0 Å². The van der Waals surface area contributed by atoms with Crippen molar-refractivity contribution in [3.05, 3.63) is 29.8 Å². The summed E-state index contributed by atoms with van der Waals surface area (Å²) in [5, 5.41) is 10.3. The average molecular weight is 362 g/mol. The maximum Gasteiger partial charge on any atom is 0.119 e. The SMILES string of the molecule is CC1CCN(C[C@@H](O)COc2ccc(C(C)(C)CC(C)(C)C)cc2)CC1. The topological polar surface area (TPSA) is 32.7 Å². The second-order valence-corrected chi connectivity index (χ2v) is 10.1. The number of hydrogen-bond donors (Lipinski definition) is 1. The molecule has 3 nitrogen and oxygen atoms in total. The molecular formula is C23H39NO2. The van der Waals surface area contributed by atoms with Gasteiger partial charge < -0.3 is 14.7 Å². The Morgan fingerprint density at radius 2 is 1.65 bits per heavy atom. The molecule has 148 valence electrons. The average Bonchev–Trinajstić information content (AvgIpc) is 2.53. The number of piperidine rings is 1. The molecule has 0 spiro atoms. The van der Waals surface area contributed by atoms with Crippen molar-refractivity contribution in [2.75, 3.05) is 26.2 Å². The first-order valence-corrected chi connectivity index (χ1v) is 10.2. The van der Waals surface area contributed by atoms with Gasteiger partial charge in [-0.15, -0.1) is 0 Å². The molecule has 1 aromatic carbocycles. The smallest absolute Gasteiger partial charge is 0.119 e. The number of rotatable bonds is 7. The van der Waals surface area contributed by atoms with Crippen molar-refractivity contribution in [1.29, 1.82) is 0 Å². The highest BCUT2D eigenvalue weighted by Crippen LogP contribution is 2.36. The van der Waals surface area contributed by atoms with Crippen LogP contribution < -0.4 is 4.74 Å². The number of hydrogen-bond acceptors (Lipinski definition) is 3. The summed E-state index contributed by atoms with van der Waals surface area (Å²) in [6, 6.07) is 8.41. The van der Waals surface area contributed by atoms with Crippen molar-refractivity contribution in [2.24, 2.45) is 11.3 Å². The van der Waals surface area contributed by atoms with Gasteiger partial charge in [-0.05, 0) is 66.8 Å². The van der Waals surface area contributed by atoms with Gasteiger partial charge in [0.1, 0.15) is 18.5 Å². The van der Waals surface area contributed by atoms with Gasteiger partial charge in [0.15, 0.2) is 0 Å². The molecule has 1 fully saturated rings. The number of aliphatic hydroxyl groups excluding tert-OH is 1. The van der Waals surface area contributed by atoms with Crippen LogP contribution in [-0.2, 0) is 5.41 Å². The molecule has 1 aliphatic rings. The summed E-state index contributed by atoms with van der Waals surface area (Å²) in [7, 11) is 0. The van der Waals surface area contributed by atoms with E-state index in [1.54, 1.807) is 0 Å². The molecule has 1 aromatic rings. The van der Waals surface area contributed by atoms with Crippen molar-refractivity contribution in [1.82, 2.24) is 4.90 Å². The minimum atomic E-state index is -0.430. The number of benzene rings is 1. The van der Waals surface area contributed by atoms with Crippen molar-refractivity contribution in [2.45, 2.75) is 72.3 Å². The molecule has 2 rings (SSSR count). The molecule has 0 radical (unpaired) electrons. The quantitative estimate of drug-likeness (QED) is 0.752. The summed E-state index contributed by atoms with van der Waals surface area (Å²) in [6.07, 6.45) is 3.17. The lowest BCUT2D eigenvalue weighted by atomic mass is 9.72. The van der Waals surface area contributed by atoms with Crippen molar-refractivity contribution >= 4 is 0 Å². The van der Waals surface area contributed by atoms with E-state index in [0.29, 0.717) is 18.6 Å². The minimum Gasteiger partial charge on any atom is -0.491 e. The van der Waals surface area contributed by atoms with Gasteiger partial charge in [-0.25, -0.2) is 0 Å². The van der Waals surface area contributed by atoms with Gasteiger partial charge in [0.2, 0.25) is 0 Å². The van der Waals surface area contributed by atoms with Crippen LogP contribution in [0.1, 0.15) is 66.4 Å². The first-order valence-electron chi connectivity index (χ1n) is 10.2. The Morgan fingerprint density at radius 3 is 2.19 bits per heavy atom. The third-order valence-corrected chi connectivity index (χ3v) is 5.40. The van der Waals surface area contributed by atoms with Crippen LogP contribution in [0.2, 0.25) is 0 Å². The summed E-state index contributed by atoms with van der Waals surface area (Å²) in [6.45, 7) is 17.0. The maximum atomic E-state index is 10.3. The third-order valence-electron chi connectivity index (χ3n) is 5.40. The van der Waals surface area contributed by atoms with E-state index < -0.39 is 6.10 Å². The molecule has 3 heteroatoms. The Hall–Kier alpha value is -1.06.